The van der Waals surface area contributed by atoms with E-state index >= 15 is 0 Å². The van der Waals surface area contributed by atoms with Gasteiger partial charge in [0.1, 0.15) is 5.82 Å². The first kappa shape index (κ1) is 10.0. The van der Waals surface area contributed by atoms with E-state index in [1.165, 1.54) is 6.92 Å². The van der Waals surface area contributed by atoms with Crippen LogP contribution < -0.4 is 0 Å². The van der Waals surface area contributed by atoms with Gasteiger partial charge in [-0.1, -0.05) is 6.92 Å². The van der Waals surface area contributed by atoms with Crippen LogP contribution in [0.1, 0.15) is 18.4 Å². The Morgan fingerprint density at radius 1 is 1.08 bits per heavy atom. The highest BCUT2D eigenvalue weighted by molar-refractivity contribution is 5.23. The average Bonchev–Trinajstić information content (AvgIpc) is 2.10. The van der Waals surface area contributed by atoms with Gasteiger partial charge in [-0.3, -0.25) is 4.39 Å². The second-order valence-corrected chi connectivity index (χ2v) is 2.84. The van der Waals surface area contributed by atoms with Crippen LogP contribution in [-0.2, 0) is 0 Å². The Morgan fingerprint density at radius 2 is 1.62 bits per heavy atom. The molecule has 0 amide bonds. The number of hydrogen-bond donors (Lipinski definition) is 0. The summed E-state index contributed by atoms with van der Waals surface area (Å²) >= 11 is 0. The lowest BCUT2D eigenvalue weighted by Crippen LogP contribution is -2.01. The summed E-state index contributed by atoms with van der Waals surface area (Å²) in [6.45, 7) is 0.595. The van der Waals surface area contributed by atoms with E-state index in [2.05, 4.69) is 0 Å². The van der Waals surface area contributed by atoms with Crippen LogP contribution in [0.4, 0.5) is 17.6 Å². The highest BCUT2D eigenvalue weighted by atomic mass is 19.2. The third kappa shape index (κ3) is 1.99. The van der Waals surface area contributed by atoms with Gasteiger partial charge in [0.15, 0.2) is 11.6 Å². The van der Waals surface area contributed by atoms with Crippen molar-refractivity contribution in [2.75, 3.05) is 6.67 Å². The predicted octanol–water partition coefficient (Wildman–Crippen LogP) is 3.18. The molecule has 0 aromatic heterocycles. The fourth-order valence-electron chi connectivity index (χ4n) is 0.999. The largest absolute Gasteiger partial charge is 0.250 e. The van der Waals surface area contributed by atoms with Crippen LogP contribution in [0.5, 0.6) is 0 Å². The van der Waals surface area contributed by atoms with Crippen molar-refractivity contribution in [1.29, 1.82) is 0 Å². The molecule has 0 bridgehead atoms. The second-order valence-electron chi connectivity index (χ2n) is 2.84. The van der Waals surface area contributed by atoms with Gasteiger partial charge in [0.25, 0.3) is 0 Å². The van der Waals surface area contributed by atoms with Crippen LogP contribution in [0.3, 0.4) is 0 Å². The van der Waals surface area contributed by atoms with Crippen LogP contribution in [0, 0.1) is 17.5 Å². The van der Waals surface area contributed by atoms with E-state index in [4.69, 9.17) is 0 Å². The van der Waals surface area contributed by atoms with Crippen LogP contribution in [0.2, 0.25) is 0 Å². The molecule has 1 unspecified atom stereocenters. The van der Waals surface area contributed by atoms with E-state index in [0.717, 1.165) is 0 Å². The number of benzene rings is 1. The molecule has 13 heavy (non-hydrogen) atoms. The molecular formula is C9H8F4. The SMILES string of the molecule is CC(CF)c1cc(F)c(F)cc1F. The maximum atomic E-state index is 12.9. The molecular weight excluding hydrogens is 184 g/mol. The minimum absolute atomic E-state index is 0.138. The summed E-state index contributed by atoms with van der Waals surface area (Å²) in [5.41, 5.74) is -0.138. The fourth-order valence-corrected chi connectivity index (χ4v) is 0.999. The Balaban J connectivity index is 3.15. The van der Waals surface area contributed by atoms with Gasteiger partial charge < -0.3 is 0 Å². The van der Waals surface area contributed by atoms with Gasteiger partial charge in [0, 0.05) is 12.0 Å². The molecule has 0 radical (unpaired) electrons. The quantitative estimate of drug-likeness (QED) is 0.498. The minimum Gasteiger partial charge on any atom is -0.250 e. The molecule has 0 spiro atoms. The lowest BCUT2D eigenvalue weighted by molar-refractivity contribution is 0.429. The molecule has 4 heteroatoms. The third-order valence-electron chi connectivity index (χ3n) is 1.80. The summed E-state index contributed by atoms with van der Waals surface area (Å²) in [5.74, 6) is -4.08. The maximum Gasteiger partial charge on any atom is 0.161 e. The molecule has 1 atom stereocenters. The molecule has 1 aromatic carbocycles. The highest BCUT2D eigenvalue weighted by Crippen LogP contribution is 2.21. The number of rotatable bonds is 2. The van der Waals surface area contributed by atoms with E-state index in [9.17, 15) is 17.6 Å². The molecule has 0 saturated carbocycles. The molecule has 0 aliphatic carbocycles. The predicted molar refractivity (Wildman–Crippen MR) is 40.7 cm³/mol. The van der Waals surface area contributed by atoms with Gasteiger partial charge in [0.2, 0.25) is 0 Å². The van der Waals surface area contributed by atoms with Gasteiger partial charge in [-0.25, -0.2) is 13.2 Å². The topological polar surface area (TPSA) is 0 Å². The Bertz CT molecular complexity index is 309. The molecule has 0 saturated heterocycles. The van der Waals surface area contributed by atoms with E-state index in [1.54, 1.807) is 0 Å². The van der Waals surface area contributed by atoms with Crippen LogP contribution >= 0.6 is 0 Å². The molecule has 0 aliphatic heterocycles. The maximum absolute atomic E-state index is 12.9. The van der Waals surface area contributed by atoms with Crippen molar-refractivity contribution in [2.24, 2.45) is 0 Å². The van der Waals surface area contributed by atoms with E-state index < -0.39 is 30.0 Å². The smallest absolute Gasteiger partial charge is 0.161 e. The molecule has 0 N–H and O–H groups in total. The Morgan fingerprint density at radius 3 is 2.15 bits per heavy atom. The first-order valence-corrected chi connectivity index (χ1v) is 3.76. The molecule has 0 heterocycles. The fraction of sp³-hybridized carbons (Fsp3) is 0.333. The number of hydrogen-bond acceptors (Lipinski definition) is 0. The summed E-state index contributed by atoms with van der Waals surface area (Å²) in [6.07, 6.45) is 0. The molecule has 0 fully saturated rings. The standard InChI is InChI=1S/C9H8F4/c1-5(4-10)6-2-8(12)9(13)3-7(6)11/h2-3,5H,4H2,1H3. The molecule has 72 valence electrons. The summed E-state index contributed by atoms with van der Waals surface area (Å²) in [4.78, 5) is 0. The zero-order valence-electron chi connectivity index (χ0n) is 6.95. The summed E-state index contributed by atoms with van der Waals surface area (Å²) in [6, 6.07) is 1.12. The third-order valence-corrected chi connectivity index (χ3v) is 1.80. The van der Waals surface area contributed by atoms with Crippen LogP contribution in [-0.4, -0.2) is 6.67 Å². The first-order chi connectivity index (χ1) is 6.06. The van der Waals surface area contributed by atoms with Crippen LogP contribution in [0.15, 0.2) is 12.1 Å². The first-order valence-electron chi connectivity index (χ1n) is 3.76. The van der Waals surface area contributed by atoms with Gasteiger partial charge in [0.05, 0.1) is 6.67 Å². The molecule has 1 rings (SSSR count). The summed E-state index contributed by atoms with van der Waals surface area (Å²) in [7, 11) is 0. The number of alkyl halides is 1. The zero-order chi connectivity index (χ0) is 10.0. The number of halogens is 4. The van der Waals surface area contributed by atoms with E-state index in [0.29, 0.717) is 12.1 Å². The van der Waals surface area contributed by atoms with E-state index in [1.807, 2.05) is 0 Å². The van der Waals surface area contributed by atoms with Crippen molar-refractivity contribution in [3.63, 3.8) is 0 Å². The van der Waals surface area contributed by atoms with Crippen molar-refractivity contribution in [1.82, 2.24) is 0 Å². The minimum atomic E-state index is -1.26. The summed E-state index contributed by atoms with van der Waals surface area (Å²) < 4.78 is 50.0. The van der Waals surface area contributed by atoms with Crippen molar-refractivity contribution in [2.45, 2.75) is 12.8 Å². The lowest BCUT2D eigenvalue weighted by Gasteiger charge is -2.08. The van der Waals surface area contributed by atoms with Gasteiger partial charge in [-0.15, -0.1) is 0 Å². The second kappa shape index (κ2) is 3.77. The average molecular weight is 192 g/mol. The van der Waals surface area contributed by atoms with Crippen molar-refractivity contribution in [3.05, 3.63) is 35.1 Å². The van der Waals surface area contributed by atoms with Crippen molar-refractivity contribution >= 4 is 0 Å². The van der Waals surface area contributed by atoms with Gasteiger partial charge >= 0.3 is 0 Å². The zero-order valence-corrected chi connectivity index (χ0v) is 6.95. The van der Waals surface area contributed by atoms with Crippen molar-refractivity contribution in [3.8, 4) is 0 Å². The van der Waals surface area contributed by atoms with Crippen molar-refractivity contribution < 1.29 is 17.6 Å². The highest BCUT2D eigenvalue weighted by Gasteiger charge is 2.14. The summed E-state index contributed by atoms with van der Waals surface area (Å²) in [5, 5.41) is 0. The van der Waals surface area contributed by atoms with E-state index in [-0.39, 0.29) is 5.56 Å². The monoisotopic (exact) mass is 192 g/mol. The Hall–Kier alpha value is -1.06. The lowest BCUT2D eigenvalue weighted by atomic mass is 10.0. The Labute approximate surface area is 73.2 Å². The van der Waals surface area contributed by atoms with Crippen LogP contribution in [0.25, 0.3) is 0 Å². The molecule has 0 aliphatic rings. The van der Waals surface area contributed by atoms with Gasteiger partial charge in [-0.05, 0) is 11.6 Å². The van der Waals surface area contributed by atoms with Gasteiger partial charge in [-0.2, -0.15) is 0 Å². The molecule has 0 nitrogen and oxygen atoms in total. The molecule has 1 aromatic rings. The Kier molecular flexibility index (Phi) is 2.90. The normalized spacial score (nSPS) is 13.0.